The van der Waals surface area contributed by atoms with Gasteiger partial charge in [0.2, 0.25) is 0 Å². The van der Waals surface area contributed by atoms with Gasteiger partial charge < -0.3 is 48.2 Å². The molecule has 0 spiro atoms. The Balaban J connectivity index is -0.000000268. The maximum absolute atomic E-state index is 8.25. The Morgan fingerprint density at radius 3 is 0.852 bits per heavy atom. The van der Waals surface area contributed by atoms with Crippen molar-refractivity contribution in [2.75, 3.05) is 17.5 Å². The van der Waals surface area contributed by atoms with Crippen LogP contribution in [-0.4, -0.2) is 71.1 Å². The summed E-state index contributed by atoms with van der Waals surface area (Å²) >= 11 is 0. The summed E-state index contributed by atoms with van der Waals surface area (Å²) in [5.74, 6) is 14.9. The van der Waals surface area contributed by atoms with E-state index in [1.165, 1.54) is 19.0 Å². The molecule has 6 N–H and O–H groups in total. The van der Waals surface area contributed by atoms with Crippen molar-refractivity contribution in [2.45, 2.75) is 0 Å². The van der Waals surface area contributed by atoms with E-state index in [-0.39, 0.29) is 17.1 Å². The Morgan fingerprint density at radius 2 is 0.815 bits per heavy atom. The van der Waals surface area contributed by atoms with Crippen molar-refractivity contribution in [3.63, 3.8) is 0 Å². The first-order valence-electron chi connectivity index (χ1n) is 5.22. The zero-order valence-electron chi connectivity index (χ0n) is 12.5. The van der Waals surface area contributed by atoms with Crippen molar-refractivity contribution in [2.24, 2.45) is 0 Å². The molecule has 23 nitrogen and oxygen atoms in total. The van der Waals surface area contributed by atoms with Crippen LogP contribution in [0.3, 0.4) is 0 Å². The molecule has 0 amide bonds. The van der Waals surface area contributed by atoms with Crippen LogP contribution in [0.25, 0.3) is 0 Å². The molecule has 1 radical (unpaired) electrons. The molecule has 153 valence electrons. The van der Waals surface area contributed by atoms with E-state index in [4.69, 9.17) is 48.2 Å². The SMILES string of the molecule is Nn1cnnn1.Nn1cnnn1.Nn1cnnn1.O=[N+]([O-])[O-].O=[N+]([O-])[O-].[Cu+2]. The molecule has 0 aliphatic heterocycles. The van der Waals surface area contributed by atoms with Crippen LogP contribution in [0.4, 0.5) is 0 Å². The van der Waals surface area contributed by atoms with Crippen LogP contribution < -0.4 is 17.5 Å². The van der Waals surface area contributed by atoms with Crippen molar-refractivity contribution >= 4 is 0 Å². The number of nitrogens with two attached hydrogens (primary N) is 3. The quantitative estimate of drug-likeness (QED) is 0.126. The van der Waals surface area contributed by atoms with Crippen molar-refractivity contribution in [1.29, 1.82) is 0 Å². The molecule has 27 heavy (non-hydrogen) atoms. The van der Waals surface area contributed by atoms with Gasteiger partial charge in [0.05, 0.1) is 10.2 Å². The van der Waals surface area contributed by atoms with Gasteiger partial charge in [-0.05, 0) is 31.3 Å². The second kappa shape index (κ2) is 17.9. The second-order valence-electron chi connectivity index (χ2n) is 2.82. The Morgan fingerprint density at radius 1 is 0.630 bits per heavy atom. The molecule has 0 saturated carbocycles. The molecule has 0 aliphatic carbocycles. The summed E-state index contributed by atoms with van der Waals surface area (Å²) < 4.78 is 0. The van der Waals surface area contributed by atoms with Crippen molar-refractivity contribution in [3.8, 4) is 0 Å². The number of nitrogen functional groups attached to an aromatic ring is 3. The summed E-state index contributed by atoms with van der Waals surface area (Å²) in [5.41, 5.74) is 0. The summed E-state index contributed by atoms with van der Waals surface area (Å²) in [5, 5.41) is 58.6. The third-order valence-corrected chi connectivity index (χ3v) is 1.09. The van der Waals surface area contributed by atoms with Crippen molar-refractivity contribution in [1.82, 2.24) is 60.9 Å². The number of hydrogen-bond donors (Lipinski definition) is 3. The fraction of sp³-hybridized carbons (Fsp3) is 0. The number of aromatic nitrogens is 12. The van der Waals surface area contributed by atoms with E-state index in [0.29, 0.717) is 0 Å². The van der Waals surface area contributed by atoms with Gasteiger partial charge in [0, 0.05) is 0 Å². The molecule has 0 bridgehead atoms. The Labute approximate surface area is 156 Å². The maximum Gasteiger partial charge on any atom is 2.00 e. The average molecular weight is 443 g/mol. The van der Waals surface area contributed by atoms with E-state index < -0.39 is 10.2 Å². The zero-order valence-corrected chi connectivity index (χ0v) is 13.4. The van der Waals surface area contributed by atoms with E-state index in [0.717, 1.165) is 14.4 Å². The van der Waals surface area contributed by atoms with Gasteiger partial charge in [-0.25, -0.2) is 0 Å². The smallest absolute Gasteiger partial charge is 0.356 e. The molecule has 0 aromatic carbocycles. The first kappa shape index (κ1) is 27.4. The fourth-order valence-electron chi connectivity index (χ4n) is 0.505. The van der Waals surface area contributed by atoms with Gasteiger partial charge >= 0.3 is 17.1 Å². The van der Waals surface area contributed by atoms with Crippen molar-refractivity contribution < 1.29 is 27.2 Å². The predicted octanol–water partition coefficient (Wildman–Crippen LogP) is -5.32. The number of hydrogen-bond acceptors (Lipinski definition) is 18. The molecular formula is C3H9CuN17O6. The molecule has 3 rings (SSSR count). The van der Waals surface area contributed by atoms with E-state index in [1.54, 1.807) is 0 Å². The fourth-order valence-corrected chi connectivity index (χ4v) is 0.505. The molecule has 0 aliphatic rings. The molecule has 0 atom stereocenters. The largest absolute Gasteiger partial charge is 2.00 e. The predicted molar refractivity (Wildman–Crippen MR) is 74.6 cm³/mol. The first-order chi connectivity index (χ1) is 12.1. The molecular weight excluding hydrogens is 434 g/mol. The molecule has 24 heteroatoms. The molecule has 0 unspecified atom stereocenters. The van der Waals surface area contributed by atoms with Crippen LogP contribution in [-0.2, 0) is 17.1 Å². The van der Waals surface area contributed by atoms with Crippen LogP contribution in [0.15, 0.2) is 19.0 Å². The standard InChI is InChI=1S/3CH3N5.Cu.2NO3/c3*2-6-1-3-4-5-6;;2*2-1(3)4/h3*1H,2H2;;;/q;;;+2;2*-1. The van der Waals surface area contributed by atoms with Gasteiger partial charge in [0.15, 0.2) is 19.0 Å². The first-order valence-corrected chi connectivity index (χ1v) is 5.22. The molecule has 3 heterocycles. The number of nitrogens with zero attached hydrogens (tertiary/aromatic N) is 14. The minimum Gasteiger partial charge on any atom is -0.356 e. The van der Waals surface area contributed by atoms with Gasteiger partial charge in [-0.1, -0.05) is 0 Å². The Bertz CT molecular complexity index is 571. The third kappa shape index (κ3) is 30.1. The van der Waals surface area contributed by atoms with Gasteiger partial charge in [-0.2, -0.15) is 0 Å². The topological polar surface area (TPSA) is 341 Å². The van der Waals surface area contributed by atoms with E-state index in [2.05, 4.69) is 46.6 Å². The average Bonchev–Trinajstić information content (AvgIpc) is 3.24. The molecule has 3 aromatic heterocycles. The summed E-state index contributed by atoms with van der Waals surface area (Å²) in [6.07, 6.45) is 3.92. The number of rotatable bonds is 0. The second-order valence-corrected chi connectivity index (χ2v) is 2.82. The summed E-state index contributed by atoms with van der Waals surface area (Å²) in [6.45, 7) is 0. The zero-order chi connectivity index (χ0) is 20.4. The molecule has 3 aromatic rings. The van der Waals surface area contributed by atoms with Crippen molar-refractivity contribution in [3.05, 3.63) is 49.6 Å². The van der Waals surface area contributed by atoms with Gasteiger partial charge in [-0.3, -0.25) is 0 Å². The monoisotopic (exact) mass is 442 g/mol. The van der Waals surface area contributed by atoms with E-state index in [1.807, 2.05) is 0 Å². The van der Waals surface area contributed by atoms with E-state index in [9.17, 15) is 0 Å². The number of tetrazole rings is 3. The van der Waals surface area contributed by atoms with Gasteiger partial charge in [0.25, 0.3) is 0 Å². The summed E-state index contributed by atoms with van der Waals surface area (Å²) in [6, 6.07) is 0. The van der Waals surface area contributed by atoms with Crippen LogP contribution in [0.2, 0.25) is 0 Å². The molecule has 0 fully saturated rings. The van der Waals surface area contributed by atoms with Crippen LogP contribution >= 0.6 is 0 Å². The minimum absolute atomic E-state index is 0. The van der Waals surface area contributed by atoms with Crippen LogP contribution in [0.5, 0.6) is 0 Å². The molecule has 0 saturated heterocycles. The van der Waals surface area contributed by atoms with Gasteiger partial charge in [-0.15, -0.1) is 29.7 Å². The van der Waals surface area contributed by atoms with Gasteiger partial charge in [0.1, 0.15) is 0 Å². The van der Waals surface area contributed by atoms with E-state index >= 15 is 0 Å². The maximum atomic E-state index is 8.25. The summed E-state index contributed by atoms with van der Waals surface area (Å²) in [4.78, 5) is 19.6. The Hall–Kier alpha value is -4.47. The minimum atomic E-state index is -1.75. The Kier molecular flexibility index (Phi) is 18.1. The normalized spacial score (nSPS) is 7.56. The summed E-state index contributed by atoms with van der Waals surface area (Å²) in [7, 11) is 0. The van der Waals surface area contributed by atoms with Crippen LogP contribution in [0, 0.1) is 30.6 Å². The third-order valence-electron chi connectivity index (χ3n) is 1.09. The van der Waals surface area contributed by atoms with Crippen LogP contribution in [0.1, 0.15) is 0 Å².